The summed E-state index contributed by atoms with van der Waals surface area (Å²) in [5.74, 6) is 1.14. The Balaban J connectivity index is 1.93. The lowest BCUT2D eigenvalue weighted by Crippen LogP contribution is -2.21. The number of rotatable bonds is 5. The van der Waals surface area contributed by atoms with Gasteiger partial charge in [0.25, 0.3) is 0 Å². The molecule has 106 valence electrons. The molecule has 1 aromatic rings. The van der Waals surface area contributed by atoms with E-state index < -0.39 is 0 Å². The monoisotopic (exact) mass is 297 g/mol. The summed E-state index contributed by atoms with van der Waals surface area (Å²) in [6.07, 6.45) is 7.06. The molecule has 0 spiro atoms. The average molecular weight is 298 g/mol. The molecular weight excluding hydrogens is 274 g/mol. The quantitative estimate of drug-likeness (QED) is 0.823. The van der Waals surface area contributed by atoms with Crippen LogP contribution in [0.15, 0.2) is 18.2 Å². The third-order valence-electron chi connectivity index (χ3n) is 4.00. The molecule has 0 aliphatic heterocycles. The molecule has 1 saturated carbocycles. The van der Waals surface area contributed by atoms with E-state index in [0.717, 1.165) is 21.6 Å². The highest BCUT2D eigenvalue weighted by Gasteiger charge is 2.17. The molecule has 0 amide bonds. The van der Waals surface area contributed by atoms with Crippen molar-refractivity contribution in [2.45, 2.75) is 50.3 Å². The number of benzene rings is 1. The van der Waals surface area contributed by atoms with Gasteiger partial charge in [-0.3, -0.25) is 0 Å². The van der Waals surface area contributed by atoms with Gasteiger partial charge in [0, 0.05) is 22.1 Å². The summed E-state index contributed by atoms with van der Waals surface area (Å²) in [4.78, 5) is 0. The van der Waals surface area contributed by atoms with Gasteiger partial charge in [-0.25, -0.2) is 0 Å². The minimum atomic E-state index is 0.407. The van der Waals surface area contributed by atoms with Crippen LogP contribution in [0.5, 0.6) is 0 Å². The second-order valence-electron chi connectivity index (χ2n) is 5.44. The number of nitrogens with one attached hydrogen (secondary N) is 1. The topological polar surface area (TPSA) is 12.0 Å². The number of halogens is 1. The van der Waals surface area contributed by atoms with E-state index in [0.29, 0.717) is 6.04 Å². The molecule has 19 heavy (non-hydrogen) atoms. The predicted octanol–water partition coefficient (Wildman–Crippen LogP) is 4.97. The summed E-state index contributed by atoms with van der Waals surface area (Å²) < 4.78 is 0. The predicted molar refractivity (Wildman–Crippen MR) is 87.3 cm³/mol. The molecule has 1 aromatic carbocycles. The Labute approximate surface area is 126 Å². The van der Waals surface area contributed by atoms with Gasteiger partial charge < -0.3 is 5.32 Å². The lowest BCUT2D eigenvalue weighted by molar-refractivity contribution is 0.515. The summed E-state index contributed by atoms with van der Waals surface area (Å²) in [6, 6.07) is 6.83. The Kier molecular flexibility index (Phi) is 6.06. The van der Waals surface area contributed by atoms with Gasteiger partial charge >= 0.3 is 0 Å². The average Bonchev–Trinajstić information content (AvgIpc) is 2.44. The van der Waals surface area contributed by atoms with E-state index in [1.807, 2.05) is 7.05 Å². The van der Waals surface area contributed by atoms with E-state index in [1.165, 1.54) is 37.7 Å². The van der Waals surface area contributed by atoms with E-state index in [-0.39, 0.29) is 0 Å². The molecule has 3 heteroatoms. The van der Waals surface area contributed by atoms with Crippen LogP contribution in [0.25, 0.3) is 0 Å². The van der Waals surface area contributed by atoms with Crippen molar-refractivity contribution in [3.05, 3.63) is 34.3 Å². The maximum Gasteiger partial charge on any atom is 0.0438 e. The Morgan fingerprint density at radius 2 is 2.05 bits per heavy atom. The minimum Gasteiger partial charge on any atom is -0.312 e. The standard InChI is InChI=1S/C16H24ClNS/c1-12-8-9-13(10-15(12)17)16(18-2)11-19-14-6-4-3-5-7-14/h8-10,14,16,18H,3-7,11H2,1-2H3. The molecule has 1 atom stereocenters. The zero-order valence-corrected chi connectivity index (χ0v) is 13.5. The fourth-order valence-corrected chi connectivity index (χ4v) is 4.32. The van der Waals surface area contributed by atoms with Gasteiger partial charge in [0.15, 0.2) is 0 Å². The van der Waals surface area contributed by atoms with Crippen molar-refractivity contribution in [2.24, 2.45) is 0 Å². The molecular formula is C16H24ClNS. The third-order valence-corrected chi connectivity index (χ3v) is 5.87. The van der Waals surface area contributed by atoms with Crippen LogP contribution in [0.2, 0.25) is 5.02 Å². The summed E-state index contributed by atoms with van der Waals surface area (Å²) in [7, 11) is 2.04. The first-order chi connectivity index (χ1) is 9.20. The molecule has 2 rings (SSSR count). The van der Waals surface area contributed by atoms with Crippen molar-refractivity contribution < 1.29 is 0 Å². The largest absolute Gasteiger partial charge is 0.312 e. The van der Waals surface area contributed by atoms with Crippen LogP contribution in [0.3, 0.4) is 0 Å². The summed E-state index contributed by atoms with van der Waals surface area (Å²) in [6.45, 7) is 2.05. The maximum absolute atomic E-state index is 6.23. The zero-order chi connectivity index (χ0) is 13.7. The van der Waals surface area contributed by atoms with Gasteiger partial charge in [0.1, 0.15) is 0 Å². The summed E-state index contributed by atoms with van der Waals surface area (Å²) in [5, 5.41) is 5.17. The van der Waals surface area contributed by atoms with Crippen molar-refractivity contribution in [3.63, 3.8) is 0 Å². The first-order valence-electron chi connectivity index (χ1n) is 7.25. The Morgan fingerprint density at radius 1 is 1.32 bits per heavy atom. The van der Waals surface area contributed by atoms with E-state index >= 15 is 0 Å². The Bertz CT molecular complexity index is 402. The molecule has 0 heterocycles. The molecule has 1 aliphatic rings. The van der Waals surface area contributed by atoms with Crippen molar-refractivity contribution in [1.29, 1.82) is 0 Å². The van der Waals surface area contributed by atoms with Gasteiger partial charge in [-0.15, -0.1) is 0 Å². The highest BCUT2D eigenvalue weighted by Crippen LogP contribution is 2.31. The van der Waals surface area contributed by atoms with E-state index in [2.05, 4.69) is 42.2 Å². The fourth-order valence-electron chi connectivity index (χ4n) is 2.64. The minimum absolute atomic E-state index is 0.407. The number of thioether (sulfide) groups is 1. The molecule has 0 bridgehead atoms. The lowest BCUT2D eigenvalue weighted by atomic mass is 10.0. The summed E-state index contributed by atoms with van der Waals surface area (Å²) in [5.41, 5.74) is 2.46. The van der Waals surface area contributed by atoms with Gasteiger partial charge in [-0.05, 0) is 44.0 Å². The Morgan fingerprint density at radius 3 is 2.68 bits per heavy atom. The highest BCUT2D eigenvalue weighted by atomic mass is 35.5. The maximum atomic E-state index is 6.23. The second-order valence-corrected chi connectivity index (χ2v) is 7.18. The lowest BCUT2D eigenvalue weighted by Gasteiger charge is -2.24. The van der Waals surface area contributed by atoms with Crippen LogP contribution in [-0.2, 0) is 0 Å². The van der Waals surface area contributed by atoms with Crippen LogP contribution in [-0.4, -0.2) is 18.1 Å². The van der Waals surface area contributed by atoms with Crippen LogP contribution < -0.4 is 5.32 Å². The number of hydrogen-bond acceptors (Lipinski definition) is 2. The first-order valence-corrected chi connectivity index (χ1v) is 8.68. The van der Waals surface area contributed by atoms with Gasteiger partial charge in [0.2, 0.25) is 0 Å². The first kappa shape index (κ1) is 15.2. The highest BCUT2D eigenvalue weighted by molar-refractivity contribution is 7.99. The van der Waals surface area contributed by atoms with Gasteiger partial charge in [-0.1, -0.05) is 43.0 Å². The van der Waals surface area contributed by atoms with Crippen LogP contribution >= 0.6 is 23.4 Å². The SMILES string of the molecule is CNC(CSC1CCCCC1)c1ccc(C)c(Cl)c1. The molecule has 1 fully saturated rings. The Hall–Kier alpha value is -0.180. The normalized spacial score (nSPS) is 18.5. The van der Waals surface area contributed by atoms with Crippen LogP contribution in [0, 0.1) is 6.92 Å². The van der Waals surface area contributed by atoms with Crippen molar-refractivity contribution in [1.82, 2.24) is 5.32 Å². The summed E-state index contributed by atoms with van der Waals surface area (Å²) >= 11 is 8.36. The van der Waals surface area contributed by atoms with Crippen molar-refractivity contribution in [2.75, 3.05) is 12.8 Å². The van der Waals surface area contributed by atoms with E-state index in [1.54, 1.807) is 0 Å². The molecule has 0 saturated heterocycles. The smallest absolute Gasteiger partial charge is 0.0438 e. The van der Waals surface area contributed by atoms with Gasteiger partial charge in [0.05, 0.1) is 0 Å². The fraction of sp³-hybridized carbons (Fsp3) is 0.625. The van der Waals surface area contributed by atoms with E-state index in [4.69, 9.17) is 11.6 Å². The molecule has 0 radical (unpaired) electrons. The molecule has 1 unspecified atom stereocenters. The number of hydrogen-bond donors (Lipinski definition) is 1. The van der Waals surface area contributed by atoms with Crippen LogP contribution in [0.1, 0.15) is 49.3 Å². The third kappa shape index (κ3) is 4.40. The molecule has 1 N–H and O–H groups in total. The van der Waals surface area contributed by atoms with Crippen molar-refractivity contribution in [3.8, 4) is 0 Å². The zero-order valence-electron chi connectivity index (χ0n) is 11.9. The molecule has 1 nitrogen and oxygen atoms in total. The molecule has 0 aromatic heterocycles. The van der Waals surface area contributed by atoms with Crippen LogP contribution in [0.4, 0.5) is 0 Å². The van der Waals surface area contributed by atoms with E-state index in [9.17, 15) is 0 Å². The second kappa shape index (κ2) is 7.56. The molecule has 1 aliphatic carbocycles. The van der Waals surface area contributed by atoms with Crippen molar-refractivity contribution >= 4 is 23.4 Å². The number of aryl methyl sites for hydroxylation is 1. The van der Waals surface area contributed by atoms with Gasteiger partial charge in [-0.2, -0.15) is 11.8 Å².